The summed E-state index contributed by atoms with van der Waals surface area (Å²) in [4.78, 5) is 2.37. The first-order chi connectivity index (χ1) is 31.3. The Labute approximate surface area is 365 Å². The third kappa shape index (κ3) is 6.29. The molecule has 0 saturated heterocycles. The summed E-state index contributed by atoms with van der Waals surface area (Å²) in [5.41, 5.74) is 17.8. The molecule has 0 aliphatic heterocycles. The summed E-state index contributed by atoms with van der Waals surface area (Å²) in [5, 5.41) is 4.39. The zero-order chi connectivity index (χ0) is 41.7. The van der Waals surface area contributed by atoms with Crippen LogP contribution < -0.4 is 4.90 Å². The summed E-state index contributed by atoms with van der Waals surface area (Å²) in [7, 11) is 0. The zero-order valence-corrected chi connectivity index (χ0v) is 34.3. The summed E-state index contributed by atoms with van der Waals surface area (Å²) in [6.07, 6.45) is 0. The fraction of sp³-hybridized carbons (Fsp3) is 0. The number of hydrogen-bond acceptors (Lipinski definition) is 3. The van der Waals surface area contributed by atoms with Crippen LogP contribution in [0.25, 0.3) is 99.5 Å². The minimum absolute atomic E-state index is 0.831. The molecule has 2 aromatic heterocycles. The van der Waals surface area contributed by atoms with Gasteiger partial charge in [0.1, 0.15) is 16.7 Å². The van der Waals surface area contributed by atoms with Crippen molar-refractivity contribution in [3.8, 4) is 55.6 Å². The van der Waals surface area contributed by atoms with Gasteiger partial charge in [0, 0.05) is 38.4 Å². The molecule has 0 fully saturated rings. The first-order valence-corrected chi connectivity index (χ1v) is 21.4. The molecule has 3 heteroatoms. The molecule has 2 heterocycles. The van der Waals surface area contributed by atoms with E-state index in [1.165, 1.54) is 16.7 Å². The Hall–Kier alpha value is -8.40. The molecule has 3 nitrogen and oxygen atoms in total. The van der Waals surface area contributed by atoms with Crippen molar-refractivity contribution < 1.29 is 8.83 Å². The van der Waals surface area contributed by atoms with E-state index in [4.69, 9.17) is 8.83 Å². The molecule has 0 radical (unpaired) electrons. The van der Waals surface area contributed by atoms with Crippen LogP contribution in [0, 0.1) is 0 Å². The van der Waals surface area contributed by atoms with Gasteiger partial charge in [-0.3, -0.25) is 0 Å². The van der Waals surface area contributed by atoms with E-state index in [9.17, 15) is 0 Å². The fourth-order valence-electron chi connectivity index (χ4n) is 9.38. The fourth-order valence-corrected chi connectivity index (χ4v) is 9.38. The molecule has 12 rings (SSSR count). The Bertz CT molecular complexity index is 3620. The van der Waals surface area contributed by atoms with Crippen LogP contribution >= 0.6 is 0 Å². The van der Waals surface area contributed by atoms with E-state index < -0.39 is 0 Å². The predicted octanol–water partition coefficient (Wildman–Crippen LogP) is 17.3. The van der Waals surface area contributed by atoms with Crippen LogP contribution in [0.15, 0.2) is 245 Å². The maximum atomic E-state index is 6.80. The van der Waals surface area contributed by atoms with Gasteiger partial charge in [-0.1, -0.05) is 194 Å². The van der Waals surface area contributed by atoms with Crippen LogP contribution in [0.4, 0.5) is 17.1 Å². The van der Waals surface area contributed by atoms with Gasteiger partial charge in [-0.15, -0.1) is 0 Å². The van der Waals surface area contributed by atoms with E-state index in [-0.39, 0.29) is 0 Å². The molecule has 0 N–H and O–H groups in total. The van der Waals surface area contributed by atoms with Crippen LogP contribution in [0.5, 0.6) is 0 Å². The highest BCUT2D eigenvalue weighted by atomic mass is 16.3. The first-order valence-electron chi connectivity index (χ1n) is 21.4. The maximum absolute atomic E-state index is 6.80. The lowest BCUT2D eigenvalue weighted by molar-refractivity contribution is 0.669. The smallest absolute Gasteiger partial charge is 0.159 e. The van der Waals surface area contributed by atoms with Gasteiger partial charge in [-0.25, -0.2) is 0 Å². The zero-order valence-electron chi connectivity index (χ0n) is 34.3. The SMILES string of the molecule is c1ccc(-c2ccc(-c3ccccc3-c3ccccc3)c(-c3ccccc3N(c3ccc(-c4cccc5c4oc4ccccc45)cc3)c3cccc4c3oc3ccccc34)c2)cc1. The van der Waals surface area contributed by atoms with Crippen molar-refractivity contribution in [3.05, 3.63) is 237 Å². The van der Waals surface area contributed by atoms with Gasteiger partial charge in [0.25, 0.3) is 0 Å². The maximum Gasteiger partial charge on any atom is 0.159 e. The minimum Gasteiger partial charge on any atom is -0.455 e. The van der Waals surface area contributed by atoms with Gasteiger partial charge in [0.05, 0.1) is 11.4 Å². The summed E-state index contributed by atoms with van der Waals surface area (Å²) < 4.78 is 13.3. The van der Waals surface area contributed by atoms with Crippen LogP contribution in [-0.2, 0) is 0 Å². The highest BCUT2D eigenvalue weighted by molar-refractivity contribution is 6.12. The second-order valence-corrected chi connectivity index (χ2v) is 16.0. The van der Waals surface area contributed by atoms with Gasteiger partial charge in [-0.05, 0) is 87.0 Å². The number of fused-ring (bicyclic) bond motifs is 6. The molecule has 12 aromatic rings. The van der Waals surface area contributed by atoms with Crippen molar-refractivity contribution in [1.82, 2.24) is 0 Å². The summed E-state index contributed by atoms with van der Waals surface area (Å²) >= 11 is 0. The van der Waals surface area contributed by atoms with Crippen molar-refractivity contribution in [2.75, 3.05) is 4.90 Å². The molecule has 0 spiro atoms. The van der Waals surface area contributed by atoms with E-state index in [1.54, 1.807) is 0 Å². The molecule has 63 heavy (non-hydrogen) atoms. The summed E-state index contributed by atoms with van der Waals surface area (Å²) in [5.74, 6) is 0. The van der Waals surface area contributed by atoms with Crippen LogP contribution in [0.3, 0.4) is 0 Å². The lowest BCUT2D eigenvalue weighted by Gasteiger charge is -2.29. The molecular weight excluding hydrogens is 767 g/mol. The molecule has 0 atom stereocenters. The Morgan fingerprint density at radius 1 is 0.254 bits per heavy atom. The Morgan fingerprint density at radius 3 is 1.46 bits per heavy atom. The standard InChI is InChI=1S/C60H39NO2/c1-3-17-40(18-4-1)43-35-38-48(47-22-8-7-21-45(47)41-19-5-2-6-20-41)54(39-43)49-23-9-12-29-55(49)61(56-30-16-28-53-51-25-11-14-32-58(51)63-60(53)56)44-36-33-42(34-37-44)46-26-15-27-52-50-24-10-13-31-57(50)62-59(46)52/h1-39H. The van der Waals surface area contributed by atoms with Crippen molar-refractivity contribution in [1.29, 1.82) is 0 Å². The lowest BCUT2D eigenvalue weighted by atomic mass is 9.86. The van der Waals surface area contributed by atoms with Crippen molar-refractivity contribution in [3.63, 3.8) is 0 Å². The Kier molecular flexibility index (Phi) is 8.83. The number of nitrogens with zero attached hydrogens (tertiary/aromatic N) is 1. The molecule has 0 amide bonds. The molecule has 0 aliphatic rings. The van der Waals surface area contributed by atoms with Gasteiger partial charge in [0.15, 0.2) is 5.58 Å². The average Bonchev–Trinajstić information content (AvgIpc) is 3.94. The van der Waals surface area contributed by atoms with E-state index in [2.05, 4.69) is 223 Å². The van der Waals surface area contributed by atoms with Gasteiger partial charge in [0.2, 0.25) is 0 Å². The van der Waals surface area contributed by atoms with Crippen LogP contribution in [0.2, 0.25) is 0 Å². The number of benzene rings is 10. The summed E-state index contributed by atoms with van der Waals surface area (Å²) in [6, 6.07) is 84.1. The third-order valence-electron chi connectivity index (χ3n) is 12.3. The molecule has 10 aromatic carbocycles. The molecular formula is C60H39NO2. The normalized spacial score (nSPS) is 11.5. The second-order valence-electron chi connectivity index (χ2n) is 16.0. The quantitative estimate of drug-likeness (QED) is 0.153. The van der Waals surface area contributed by atoms with Crippen molar-refractivity contribution in [2.24, 2.45) is 0 Å². The minimum atomic E-state index is 0.831. The highest BCUT2D eigenvalue weighted by Gasteiger charge is 2.24. The highest BCUT2D eigenvalue weighted by Crippen LogP contribution is 2.49. The van der Waals surface area contributed by atoms with Gasteiger partial charge in [-0.2, -0.15) is 0 Å². The van der Waals surface area contributed by atoms with Crippen molar-refractivity contribution >= 4 is 60.9 Å². The Morgan fingerprint density at radius 2 is 0.730 bits per heavy atom. The van der Waals surface area contributed by atoms with E-state index in [1.807, 2.05) is 18.2 Å². The number of furan rings is 2. The second kappa shape index (κ2) is 15.3. The van der Waals surface area contributed by atoms with E-state index >= 15 is 0 Å². The molecule has 0 bridgehead atoms. The molecule has 296 valence electrons. The summed E-state index contributed by atoms with van der Waals surface area (Å²) in [6.45, 7) is 0. The van der Waals surface area contributed by atoms with Crippen LogP contribution in [0.1, 0.15) is 0 Å². The van der Waals surface area contributed by atoms with E-state index in [0.29, 0.717) is 0 Å². The average molecular weight is 806 g/mol. The monoisotopic (exact) mass is 805 g/mol. The largest absolute Gasteiger partial charge is 0.455 e. The topological polar surface area (TPSA) is 29.5 Å². The van der Waals surface area contributed by atoms with Gasteiger partial charge < -0.3 is 13.7 Å². The predicted molar refractivity (Wildman–Crippen MR) is 263 cm³/mol. The first kappa shape index (κ1) is 36.5. The molecule has 0 saturated carbocycles. The Balaban J connectivity index is 1.09. The van der Waals surface area contributed by atoms with Crippen molar-refractivity contribution in [2.45, 2.75) is 0 Å². The molecule has 0 unspecified atom stereocenters. The van der Waals surface area contributed by atoms with Crippen LogP contribution in [-0.4, -0.2) is 0 Å². The third-order valence-corrected chi connectivity index (χ3v) is 12.3. The number of anilines is 3. The lowest BCUT2D eigenvalue weighted by Crippen LogP contribution is -2.11. The number of hydrogen-bond donors (Lipinski definition) is 0. The van der Waals surface area contributed by atoms with Gasteiger partial charge >= 0.3 is 0 Å². The number of para-hydroxylation sites is 5. The molecule has 0 aliphatic carbocycles. The number of rotatable bonds is 8. The van der Waals surface area contributed by atoms with E-state index in [0.717, 1.165) is 99.9 Å².